The van der Waals surface area contributed by atoms with Gasteiger partial charge in [0.05, 0.1) is 5.56 Å². The number of rotatable bonds is 6. The highest BCUT2D eigenvalue weighted by molar-refractivity contribution is 5.71. The highest BCUT2D eigenvalue weighted by Crippen LogP contribution is 2.44. The summed E-state index contributed by atoms with van der Waals surface area (Å²) in [5, 5.41) is 0. The average molecular weight is 507 g/mol. The molecule has 1 aliphatic rings. The summed E-state index contributed by atoms with van der Waals surface area (Å²) in [6, 6.07) is 10.1. The number of para-hydroxylation sites is 1. The molecule has 0 saturated heterocycles. The van der Waals surface area contributed by atoms with Crippen LogP contribution in [0.15, 0.2) is 48.5 Å². The summed E-state index contributed by atoms with van der Waals surface area (Å²) < 4.78 is 89.8. The molecule has 1 saturated carbocycles. The Morgan fingerprint density at radius 1 is 0.889 bits per heavy atom. The van der Waals surface area contributed by atoms with Gasteiger partial charge in [-0.25, -0.2) is 13.2 Å². The van der Waals surface area contributed by atoms with E-state index < -0.39 is 29.2 Å². The predicted octanol–water partition coefficient (Wildman–Crippen LogP) is 9.96. The first-order valence-electron chi connectivity index (χ1n) is 12.2. The van der Waals surface area contributed by atoms with E-state index in [1.807, 2.05) is 0 Å². The van der Waals surface area contributed by atoms with Crippen LogP contribution in [0.2, 0.25) is 0 Å². The van der Waals surface area contributed by atoms with E-state index in [9.17, 15) is 22.0 Å². The SMILES string of the molecule is CCC[C@H]1CC[C@H](c2c(F)cc(C)c(Oc3ccccc3-c3ccc(C(F)(F)F)c(F)c3)c2F)CC1. The molecule has 3 aromatic rings. The summed E-state index contributed by atoms with van der Waals surface area (Å²) in [7, 11) is 0. The van der Waals surface area contributed by atoms with Crippen LogP contribution in [0.25, 0.3) is 11.1 Å². The van der Waals surface area contributed by atoms with Crippen LogP contribution in [0.4, 0.5) is 26.3 Å². The monoisotopic (exact) mass is 506 g/mol. The van der Waals surface area contributed by atoms with Crippen LogP contribution in [0.5, 0.6) is 11.5 Å². The molecular weight excluding hydrogens is 478 g/mol. The van der Waals surface area contributed by atoms with Crippen LogP contribution >= 0.6 is 0 Å². The van der Waals surface area contributed by atoms with Crippen molar-refractivity contribution in [2.45, 2.75) is 64.5 Å². The van der Waals surface area contributed by atoms with E-state index in [1.165, 1.54) is 19.1 Å². The van der Waals surface area contributed by atoms with E-state index in [2.05, 4.69) is 6.92 Å². The molecule has 0 unspecified atom stereocenters. The fourth-order valence-electron chi connectivity index (χ4n) is 5.20. The van der Waals surface area contributed by atoms with Crippen LogP contribution in [0, 0.1) is 30.3 Å². The lowest BCUT2D eigenvalue weighted by Crippen LogP contribution is -2.16. The summed E-state index contributed by atoms with van der Waals surface area (Å²) >= 11 is 0. The topological polar surface area (TPSA) is 9.23 Å². The molecule has 3 aromatic carbocycles. The Hall–Kier alpha value is -2.96. The summed E-state index contributed by atoms with van der Waals surface area (Å²) in [6.45, 7) is 3.66. The summed E-state index contributed by atoms with van der Waals surface area (Å²) in [4.78, 5) is 0. The maximum atomic E-state index is 15.7. The van der Waals surface area contributed by atoms with Gasteiger partial charge in [-0.15, -0.1) is 0 Å². The molecule has 0 heterocycles. The van der Waals surface area contributed by atoms with E-state index in [0.717, 1.165) is 37.8 Å². The third-order valence-corrected chi connectivity index (χ3v) is 7.03. The first kappa shape index (κ1) is 26.1. The molecular formula is C29H28F6O. The fourth-order valence-corrected chi connectivity index (χ4v) is 5.20. The van der Waals surface area contributed by atoms with Gasteiger partial charge in [0.2, 0.25) is 0 Å². The Morgan fingerprint density at radius 3 is 2.22 bits per heavy atom. The van der Waals surface area contributed by atoms with Gasteiger partial charge in [-0.1, -0.05) is 44.0 Å². The minimum Gasteiger partial charge on any atom is -0.453 e. The van der Waals surface area contributed by atoms with Gasteiger partial charge in [-0.3, -0.25) is 0 Å². The van der Waals surface area contributed by atoms with Gasteiger partial charge < -0.3 is 4.74 Å². The van der Waals surface area contributed by atoms with E-state index >= 15 is 4.39 Å². The molecule has 7 heteroatoms. The third-order valence-electron chi connectivity index (χ3n) is 7.03. The van der Waals surface area contributed by atoms with Crippen molar-refractivity contribution in [1.29, 1.82) is 0 Å². The minimum atomic E-state index is -4.82. The maximum Gasteiger partial charge on any atom is 0.419 e. The molecule has 0 spiro atoms. The standard InChI is InChI=1S/C29H28F6O/c1-3-6-18-9-11-19(12-10-18)26-24(31)15-17(2)28(27(26)32)36-25-8-5-4-7-21(25)20-13-14-22(23(30)16-20)29(33,34)35/h4-5,7-8,13-16,18-19H,3,6,9-12H2,1-2H3/t18-,19-. The van der Waals surface area contributed by atoms with Gasteiger partial charge in [0, 0.05) is 11.1 Å². The van der Waals surface area contributed by atoms with Gasteiger partial charge in [0.15, 0.2) is 11.6 Å². The number of aryl methyl sites for hydroxylation is 1. The summed E-state index contributed by atoms with van der Waals surface area (Å²) in [6.07, 6.45) is 0.613. The molecule has 192 valence electrons. The van der Waals surface area contributed by atoms with Gasteiger partial charge in [0.1, 0.15) is 17.4 Å². The van der Waals surface area contributed by atoms with Crippen LogP contribution in [0.1, 0.15) is 68.1 Å². The highest BCUT2D eigenvalue weighted by atomic mass is 19.4. The van der Waals surface area contributed by atoms with Crippen molar-refractivity contribution in [1.82, 2.24) is 0 Å². The highest BCUT2D eigenvalue weighted by Gasteiger charge is 2.34. The van der Waals surface area contributed by atoms with Crippen LogP contribution in [0.3, 0.4) is 0 Å². The molecule has 1 aliphatic carbocycles. The first-order chi connectivity index (χ1) is 17.1. The number of benzene rings is 3. The van der Waals surface area contributed by atoms with Crippen molar-refractivity contribution in [2.75, 3.05) is 0 Å². The van der Waals surface area contributed by atoms with E-state index in [0.29, 0.717) is 24.8 Å². The van der Waals surface area contributed by atoms with E-state index in [4.69, 9.17) is 4.74 Å². The molecule has 0 N–H and O–H groups in total. The minimum absolute atomic E-state index is 0.0172. The Bertz CT molecular complexity index is 1230. The number of hydrogen-bond donors (Lipinski definition) is 0. The Balaban J connectivity index is 1.67. The van der Waals surface area contributed by atoms with Gasteiger partial charge in [-0.05, 0) is 79.8 Å². The van der Waals surface area contributed by atoms with Gasteiger partial charge in [-0.2, -0.15) is 13.2 Å². The van der Waals surface area contributed by atoms with Crippen molar-refractivity contribution in [3.63, 3.8) is 0 Å². The zero-order valence-electron chi connectivity index (χ0n) is 20.2. The number of alkyl halides is 3. The summed E-state index contributed by atoms with van der Waals surface area (Å²) in [5.41, 5.74) is -0.672. The number of ether oxygens (including phenoxy) is 1. The quantitative estimate of drug-likeness (QED) is 0.302. The van der Waals surface area contributed by atoms with Crippen molar-refractivity contribution in [3.8, 4) is 22.6 Å². The van der Waals surface area contributed by atoms with Crippen LogP contribution in [-0.4, -0.2) is 0 Å². The number of hydrogen-bond acceptors (Lipinski definition) is 1. The third kappa shape index (κ3) is 5.40. The van der Waals surface area contributed by atoms with Crippen molar-refractivity contribution in [2.24, 2.45) is 5.92 Å². The molecule has 4 rings (SSSR count). The van der Waals surface area contributed by atoms with Crippen molar-refractivity contribution in [3.05, 3.63) is 82.7 Å². The molecule has 1 fully saturated rings. The molecule has 0 amide bonds. The van der Waals surface area contributed by atoms with Crippen molar-refractivity contribution < 1.29 is 31.1 Å². The Labute approximate surface area is 207 Å². The Kier molecular flexibility index (Phi) is 7.67. The molecule has 36 heavy (non-hydrogen) atoms. The second-order valence-electron chi connectivity index (χ2n) is 9.53. The zero-order chi connectivity index (χ0) is 26.0. The second-order valence-corrected chi connectivity index (χ2v) is 9.53. The fraction of sp³-hybridized carbons (Fsp3) is 0.379. The lowest BCUT2D eigenvalue weighted by atomic mass is 9.77. The first-order valence-corrected chi connectivity index (χ1v) is 12.2. The average Bonchev–Trinajstić information content (AvgIpc) is 2.82. The zero-order valence-corrected chi connectivity index (χ0v) is 20.2. The molecule has 0 aliphatic heterocycles. The molecule has 1 nitrogen and oxygen atoms in total. The van der Waals surface area contributed by atoms with Crippen LogP contribution in [-0.2, 0) is 6.18 Å². The molecule has 0 aromatic heterocycles. The second kappa shape index (κ2) is 10.6. The van der Waals surface area contributed by atoms with Crippen LogP contribution < -0.4 is 4.74 Å². The Morgan fingerprint density at radius 2 is 1.58 bits per heavy atom. The number of halogens is 6. The lowest BCUT2D eigenvalue weighted by Gasteiger charge is -2.29. The van der Waals surface area contributed by atoms with E-state index in [-0.39, 0.29) is 39.7 Å². The van der Waals surface area contributed by atoms with Gasteiger partial charge >= 0.3 is 6.18 Å². The van der Waals surface area contributed by atoms with Crippen molar-refractivity contribution >= 4 is 0 Å². The predicted molar refractivity (Wildman–Crippen MR) is 128 cm³/mol. The molecule has 0 bridgehead atoms. The van der Waals surface area contributed by atoms with Gasteiger partial charge in [0.25, 0.3) is 0 Å². The normalized spacial score (nSPS) is 18.3. The van der Waals surface area contributed by atoms with E-state index in [1.54, 1.807) is 18.2 Å². The smallest absolute Gasteiger partial charge is 0.419 e. The lowest BCUT2D eigenvalue weighted by molar-refractivity contribution is -0.139. The molecule has 0 atom stereocenters. The largest absolute Gasteiger partial charge is 0.453 e. The summed E-state index contributed by atoms with van der Waals surface area (Å²) in [5.74, 6) is -2.46. The maximum absolute atomic E-state index is 15.7. The molecule has 0 radical (unpaired) electrons.